The summed E-state index contributed by atoms with van der Waals surface area (Å²) in [7, 11) is -3.70. The fraction of sp³-hybridized carbons (Fsp3) is 0.167. The molecule has 1 aromatic heterocycles. The number of nitrogens with zero attached hydrogens (tertiary/aromatic N) is 1. The molecule has 7 heteroatoms. The van der Waals surface area contributed by atoms with E-state index in [4.69, 9.17) is 0 Å². The Labute approximate surface area is 155 Å². The fourth-order valence-corrected chi connectivity index (χ4v) is 4.47. The molecule has 1 heterocycles. The first-order valence-electron chi connectivity index (χ1n) is 7.89. The lowest BCUT2D eigenvalue weighted by atomic mass is 10.0. The Balaban J connectivity index is 1.64. The van der Waals surface area contributed by atoms with Crippen molar-refractivity contribution in [1.29, 1.82) is 0 Å². The topological polar surface area (TPSA) is 74.8 Å². The van der Waals surface area contributed by atoms with Crippen molar-refractivity contribution >= 4 is 31.6 Å². The lowest BCUT2D eigenvalue weighted by molar-refractivity contribution is 0.597. The van der Waals surface area contributed by atoms with Crippen molar-refractivity contribution in [3.8, 4) is 0 Å². The Morgan fingerprint density at radius 3 is 2.44 bits per heavy atom. The quantitative estimate of drug-likeness (QED) is 0.603. The van der Waals surface area contributed by atoms with Crippen LogP contribution in [0.4, 0.5) is 5.69 Å². The maximum absolute atomic E-state index is 12.4. The number of halogens is 1. The van der Waals surface area contributed by atoms with E-state index in [-0.39, 0.29) is 9.63 Å². The average molecular weight is 420 g/mol. The highest BCUT2D eigenvalue weighted by atomic mass is 79.9. The van der Waals surface area contributed by atoms with Crippen LogP contribution in [0.5, 0.6) is 0 Å². The zero-order valence-electron chi connectivity index (χ0n) is 13.4. The van der Waals surface area contributed by atoms with E-state index in [1.165, 1.54) is 11.9 Å². The molecular formula is C18H18BrN3O2S. The third-order valence-corrected chi connectivity index (χ3v) is 6.00. The molecule has 0 atom stereocenters. The second kappa shape index (κ2) is 7.84. The summed E-state index contributed by atoms with van der Waals surface area (Å²) < 4.78 is 27.6. The van der Waals surface area contributed by atoms with Crippen LogP contribution in [0.3, 0.4) is 0 Å². The number of aromatic nitrogens is 2. The number of aromatic amines is 1. The van der Waals surface area contributed by atoms with E-state index in [1.807, 2.05) is 36.4 Å². The summed E-state index contributed by atoms with van der Waals surface area (Å²) in [5.41, 5.74) is 2.95. The highest BCUT2D eigenvalue weighted by Gasteiger charge is 2.20. The lowest BCUT2D eigenvalue weighted by Crippen LogP contribution is -2.14. The standard InChI is InChI=1S/C18H18BrN3O2S/c19-17-18(21-13-20-17)25(23,24)22-16-11-5-10-15(12-16)9-4-8-14-6-2-1-3-7-14/h1-3,5-7,10-13,22H,4,8-9H2,(H,20,21). The minimum atomic E-state index is -3.70. The Hall–Kier alpha value is -2.12. The van der Waals surface area contributed by atoms with E-state index < -0.39 is 10.0 Å². The largest absolute Gasteiger partial charge is 0.333 e. The molecule has 0 fully saturated rings. The van der Waals surface area contributed by atoms with Gasteiger partial charge in [-0.2, -0.15) is 8.42 Å². The molecule has 0 spiro atoms. The predicted octanol–water partition coefficient (Wildman–Crippen LogP) is 4.15. The number of sulfonamides is 1. The number of hydrogen-bond acceptors (Lipinski definition) is 3. The van der Waals surface area contributed by atoms with Crippen molar-refractivity contribution in [3.05, 3.63) is 76.7 Å². The molecule has 0 amide bonds. The Bertz CT molecular complexity index is 940. The van der Waals surface area contributed by atoms with Crippen LogP contribution in [-0.4, -0.2) is 18.4 Å². The van der Waals surface area contributed by atoms with E-state index >= 15 is 0 Å². The van der Waals surface area contributed by atoms with Gasteiger partial charge in [0, 0.05) is 5.69 Å². The number of H-pyrrole nitrogens is 1. The first-order chi connectivity index (χ1) is 12.0. The van der Waals surface area contributed by atoms with Gasteiger partial charge in [0.2, 0.25) is 0 Å². The highest BCUT2D eigenvalue weighted by Crippen LogP contribution is 2.21. The van der Waals surface area contributed by atoms with Gasteiger partial charge in [-0.1, -0.05) is 42.5 Å². The molecule has 3 rings (SSSR count). The Morgan fingerprint density at radius 1 is 1.00 bits per heavy atom. The molecule has 0 saturated heterocycles. The molecule has 2 N–H and O–H groups in total. The van der Waals surface area contributed by atoms with Crippen molar-refractivity contribution in [2.75, 3.05) is 4.72 Å². The lowest BCUT2D eigenvalue weighted by Gasteiger charge is -2.09. The molecule has 2 aromatic carbocycles. The van der Waals surface area contributed by atoms with Gasteiger partial charge < -0.3 is 4.98 Å². The number of nitrogens with one attached hydrogen (secondary N) is 2. The Morgan fingerprint density at radius 2 is 1.72 bits per heavy atom. The van der Waals surface area contributed by atoms with Crippen LogP contribution in [0.15, 0.2) is 70.6 Å². The minimum Gasteiger partial charge on any atom is -0.333 e. The van der Waals surface area contributed by atoms with Gasteiger partial charge in [-0.3, -0.25) is 4.72 Å². The van der Waals surface area contributed by atoms with E-state index in [2.05, 4.69) is 42.8 Å². The molecule has 5 nitrogen and oxygen atoms in total. The maximum Gasteiger partial charge on any atom is 0.280 e. The van der Waals surface area contributed by atoms with E-state index in [1.54, 1.807) is 6.07 Å². The molecule has 0 aliphatic rings. The Kier molecular flexibility index (Phi) is 5.55. The van der Waals surface area contributed by atoms with Gasteiger partial charge in [0.25, 0.3) is 10.0 Å². The minimum absolute atomic E-state index is 0.0157. The zero-order valence-corrected chi connectivity index (χ0v) is 15.8. The molecule has 0 unspecified atom stereocenters. The van der Waals surface area contributed by atoms with Crippen LogP contribution in [0.2, 0.25) is 0 Å². The van der Waals surface area contributed by atoms with Crippen LogP contribution >= 0.6 is 15.9 Å². The molecule has 0 radical (unpaired) electrons. The summed E-state index contributed by atoms with van der Waals surface area (Å²) >= 11 is 3.12. The molecule has 25 heavy (non-hydrogen) atoms. The second-order valence-corrected chi connectivity index (χ2v) is 8.04. The molecule has 0 aliphatic heterocycles. The average Bonchev–Trinajstić information content (AvgIpc) is 3.03. The zero-order chi connectivity index (χ0) is 17.7. The predicted molar refractivity (Wildman–Crippen MR) is 102 cm³/mol. The van der Waals surface area contributed by atoms with Crippen LogP contribution in [0.25, 0.3) is 0 Å². The molecule has 0 bridgehead atoms. The van der Waals surface area contributed by atoms with Crippen molar-refractivity contribution in [2.24, 2.45) is 0 Å². The van der Waals surface area contributed by atoms with Gasteiger partial charge >= 0.3 is 0 Å². The van der Waals surface area contributed by atoms with Gasteiger partial charge in [0.15, 0.2) is 5.03 Å². The molecule has 0 saturated carbocycles. The molecular weight excluding hydrogens is 402 g/mol. The van der Waals surface area contributed by atoms with Crippen molar-refractivity contribution in [1.82, 2.24) is 9.97 Å². The van der Waals surface area contributed by atoms with Gasteiger partial charge in [-0.15, -0.1) is 0 Å². The first-order valence-corrected chi connectivity index (χ1v) is 10.2. The van der Waals surface area contributed by atoms with Crippen LogP contribution in [0.1, 0.15) is 17.5 Å². The summed E-state index contributed by atoms with van der Waals surface area (Å²) in [6.07, 6.45) is 4.22. The highest BCUT2D eigenvalue weighted by molar-refractivity contribution is 9.10. The van der Waals surface area contributed by atoms with Crippen molar-refractivity contribution in [2.45, 2.75) is 24.3 Å². The van der Waals surface area contributed by atoms with Crippen molar-refractivity contribution in [3.63, 3.8) is 0 Å². The van der Waals surface area contributed by atoms with Gasteiger partial charge in [0.1, 0.15) is 4.60 Å². The third-order valence-electron chi connectivity index (χ3n) is 3.78. The number of aryl methyl sites for hydroxylation is 2. The van der Waals surface area contributed by atoms with Gasteiger partial charge in [0.05, 0.1) is 6.33 Å². The van der Waals surface area contributed by atoms with Gasteiger partial charge in [-0.05, 0) is 58.5 Å². The second-order valence-electron chi connectivity index (χ2n) is 5.67. The van der Waals surface area contributed by atoms with E-state index in [0.717, 1.165) is 24.8 Å². The summed E-state index contributed by atoms with van der Waals surface area (Å²) in [6, 6.07) is 17.8. The third kappa shape index (κ3) is 4.70. The molecule has 0 aliphatic carbocycles. The summed E-state index contributed by atoms with van der Waals surface area (Å²) in [4.78, 5) is 6.48. The SMILES string of the molecule is O=S(=O)(Nc1cccc(CCCc2ccccc2)c1)c1[nH]cnc1Br. The first kappa shape index (κ1) is 17.7. The van der Waals surface area contributed by atoms with Gasteiger partial charge in [-0.25, -0.2) is 4.98 Å². The number of rotatable bonds is 7. The number of imidazole rings is 1. The molecule has 3 aromatic rings. The van der Waals surface area contributed by atoms with Crippen LogP contribution in [-0.2, 0) is 22.9 Å². The van der Waals surface area contributed by atoms with Crippen molar-refractivity contribution < 1.29 is 8.42 Å². The number of anilines is 1. The summed E-state index contributed by atoms with van der Waals surface area (Å²) in [5, 5.41) is 0.0157. The number of benzene rings is 2. The monoisotopic (exact) mass is 419 g/mol. The molecule has 130 valence electrons. The van der Waals surface area contributed by atoms with Crippen LogP contribution in [0, 0.1) is 0 Å². The number of hydrogen-bond donors (Lipinski definition) is 2. The summed E-state index contributed by atoms with van der Waals surface area (Å²) in [5.74, 6) is 0. The maximum atomic E-state index is 12.4. The van der Waals surface area contributed by atoms with E-state index in [0.29, 0.717) is 5.69 Å². The summed E-state index contributed by atoms with van der Waals surface area (Å²) in [6.45, 7) is 0. The van der Waals surface area contributed by atoms with Crippen LogP contribution < -0.4 is 4.72 Å². The smallest absolute Gasteiger partial charge is 0.280 e. The normalized spacial score (nSPS) is 11.4. The van der Waals surface area contributed by atoms with E-state index in [9.17, 15) is 8.42 Å². The fourth-order valence-electron chi connectivity index (χ4n) is 2.59.